The van der Waals surface area contributed by atoms with Gasteiger partial charge in [0.05, 0.1) is 22.7 Å². The Hall–Kier alpha value is -6.64. The van der Waals surface area contributed by atoms with E-state index >= 15 is 0 Å². The number of fused-ring (bicyclic) bond motifs is 2. The van der Waals surface area contributed by atoms with Crippen molar-refractivity contribution in [1.82, 2.24) is 0 Å². The normalized spacial score (nSPS) is 11.9. The SMILES string of the molecule is Cc1cccc(N(c2cccc3ccccc23)c2cc(C(C)C)c3ccc4c(N(c5cccc(C)c5)c5cccc6ccccc56)cc(C(C)C)c5ccc2c3c54)c1. The molecule has 58 heavy (non-hydrogen) atoms. The van der Waals surface area contributed by atoms with Gasteiger partial charge in [0.1, 0.15) is 0 Å². The maximum Gasteiger partial charge on any atom is 0.0543 e. The minimum absolute atomic E-state index is 0.304. The number of nitrogens with zero attached hydrogens (tertiary/aromatic N) is 2. The molecule has 10 aromatic carbocycles. The smallest absolute Gasteiger partial charge is 0.0543 e. The summed E-state index contributed by atoms with van der Waals surface area (Å²) in [5, 5.41) is 12.8. The lowest BCUT2D eigenvalue weighted by Gasteiger charge is -2.32. The van der Waals surface area contributed by atoms with Gasteiger partial charge in [0.2, 0.25) is 0 Å². The molecule has 0 fully saturated rings. The Bertz CT molecular complexity index is 2940. The van der Waals surface area contributed by atoms with E-state index in [4.69, 9.17) is 0 Å². The molecule has 0 atom stereocenters. The Balaban J connectivity index is 1.36. The second kappa shape index (κ2) is 14.1. The lowest BCUT2D eigenvalue weighted by molar-refractivity contribution is 0.875. The summed E-state index contributed by atoms with van der Waals surface area (Å²) in [4.78, 5) is 5.04. The van der Waals surface area contributed by atoms with Crippen molar-refractivity contribution in [3.8, 4) is 0 Å². The zero-order valence-corrected chi connectivity index (χ0v) is 34.2. The van der Waals surface area contributed by atoms with Crippen LogP contribution in [0.1, 0.15) is 61.8 Å². The van der Waals surface area contributed by atoms with Gasteiger partial charge in [-0.3, -0.25) is 0 Å². The molecule has 0 aliphatic heterocycles. The van der Waals surface area contributed by atoms with Crippen molar-refractivity contribution < 1.29 is 0 Å². The van der Waals surface area contributed by atoms with Crippen molar-refractivity contribution in [2.24, 2.45) is 0 Å². The second-order valence-corrected chi connectivity index (χ2v) is 16.7. The first-order chi connectivity index (χ1) is 28.3. The van der Waals surface area contributed by atoms with Crippen LogP contribution in [0.15, 0.2) is 170 Å². The maximum absolute atomic E-state index is 2.52. The van der Waals surface area contributed by atoms with E-state index in [9.17, 15) is 0 Å². The van der Waals surface area contributed by atoms with E-state index in [1.165, 1.54) is 98.9 Å². The summed E-state index contributed by atoms with van der Waals surface area (Å²) in [6.45, 7) is 13.8. The molecule has 0 spiro atoms. The van der Waals surface area contributed by atoms with Crippen molar-refractivity contribution in [2.45, 2.75) is 53.4 Å². The van der Waals surface area contributed by atoms with Gasteiger partial charge in [0.25, 0.3) is 0 Å². The van der Waals surface area contributed by atoms with Crippen molar-refractivity contribution >= 4 is 88.0 Å². The van der Waals surface area contributed by atoms with Crippen LogP contribution >= 0.6 is 0 Å². The molecule has 0 saturated carbocycles. The fourth-order valence-electron chi connectivity index (χ4n) is 9.49. The van der Waals surface area contributed by atoms with Gasteiger partial charge in [-0.1, -0.05) is 149 Å². The van der Waals surface area contributed by atoms with Crippen LogP contribution in [0.3, 0.4) is 0 Å². The number of hydrogen-bond donors (Lipinski definition) is 0. The van der Waals surface area contributed by atoms with E-state index < -0.39 is 0 Å². The fraction of sp³-hybridized carbons (Fsp3) is 0.143. The van der Waals surface area contributed by atoms with Crippen LogP contribution in [0.25, 0.3) is 53.9 Å². The quantitative estimate of drug-likeness (QED) is 0.143. The monoisotopic (exact) mass is 748 g/mol. The van der Waals surface area contributed by atoms with Crippen LogP contribution in [0.4, 0.5) is 34.1 Å². The van der Waals surface area contributed by atoms with Gasteiger partial charge in [0, 0.05) is 32.9 Å². The summed E-state index contributed by atoms with van der Waals surface area (Å²) in [7, 11) is 0. The molecule has 0 saturated heterocycles. The summed E-state index contributed by atoms with van der Waals surface area (Å²) in [6, 6.07) is 63.6. The van der Waals surface area contributed by atoms with Gasteiger partial charge in [-0.2, -0.15) is 0 Å². The first-order valence-electron chi connectivity index (χ1n) is 20.7. The minimum atomic E-state index is 0.304. The van der Waals surface area contributed by atoms with Crippen LogP contribution in [-0.2, 0) is 0 Å². The van der Waals surface area contributed by atoms with Gasteiger partial charge in [-0.25, -0.2) is 0 Å². The lowest BCUT2D eigenvalue weighted by Crippen LogP contribution is -2.13. The zero-order valence-electron chi connectivity index (χ0n) is 34.2. The number of hydrogen-bond acceptors (Lipinski definition) is 2. The molecule has 10 aromatic rings. The Kier molecular flexibility index (Phi) is 8.68. The van der Waals surface area contributed by atoms with Gasteiger partial charge < -0.3 is 9.80 Å². The molecule has 0 N–H and O–H groups in total. The van der Waals surface area contributed by atoms with Crippen LogP contribution in [0, 0.1) is 13.8 Å². The maximum atomic E-state index is 2.52. The summed E-state index contributed by atoms with van der Waals surface area (Å²) in [5.41, 5.74) is 12.3. The highest BCUT2D eigenvalue weighted by atomic mass is 15.2. The van der Waals surface area contributed by atoms with Crippen LogP contribution in [0.5, 0.6) is 0 Å². The van der Waals surface area contributed by atoms with Crippen LogP contribution in [-0.4, -0.2) is 0 Å². The molecule has 282 valence electrons. The third kappa shape index (κ3) is 5.78. The number of rotatable bonds is 8. The summed E-state index contributed by atoms with van der Waals surface area (Å²) >= 11 is 0. The highest BCUT2D eigenvalue weighted by molar-refractivity contribution is 6.30. The summed E-state index contributed by atoms with van der Waals surface area (Å²) in [5.74, 6) is 0.609. The highest BCUT2D eigenvalue weighted by Crippen LogP contribution is 2.52. The third-order valence-corrected chi connectivity index (χ3v) is 12.2. The van der Waals surface area contributed by atoms with Crippen LogP contribution in [0.2, 0.25) is 0 Å². The van der Waals surface area contributed by atoms with Crippen molar-refractivity contribution in [1.29, 1.82) is 0 Å². The molecule has 0 bridgehead atoms. The van der Waals surface area contributed by atoms with Gasteiger partial charge >= 0.3 is 0 Å². The third-order valence-electron chi connectivity index (χ3n) is 12.2. The largest absolute Gasteiger partial charge is 0.309 e. The standard InChI is InChI=1S/C56H48N2/c1-35(2)49-33-53(57(41-21-11-15-37(5)31-41)51-25-13-19-39-17-7-9-23-43(39)51)47-30-28-46-50(36(3)4)34-54(48-29-27-45(49)55(47)56(46)48)58(42-22-12-16-38(6)32-42)52-26-14-20-40-18-8-10-24-44(40)52/h7-36H,1-6H3. The first-order valence-corrected chi connectivity index (χ1v) is 20.7. The molecule has 0 unspecified atom stereocenters. The average molecular weight is 749 g/mol. The Morgan fingerprint density at radius 1 is 0.328 bits per heavy atom. The highest BCUT2D eigenvalue weighted by Gasteiger charge is 2.27. The number of aryl methyl sites for hydroxylation is 2. The molecule has 2 heteroatoms. The van der Waals surface area contributed by atoms with Gasteiger partial charge in [-0.05, 0) is 129 Å². The zero-order chi connectivity index (χ0) is 39.7. The summed E-state index contributed by atoms with van der Waals surface area (Å²) in [6.07, 6.45) is 0. The van der Waals surface area contributed by atoms with Crippen LogP contribution < -0.4 is 9.80 Å². The molecule has 0 amide bonds. The molecular formula is C56H48N2. The summed E-state index contributed by atoms with van der Waals surface area (Å²) < 4.78 is 0. The van der Waals surface area contributed by atoms with Crippen molar-refractivity contribution in [3.05, 3.63) is 192 Å². The number of benzene rings is 10. The van der Waals surface area contributed by atoms with E-state index in [-0.39, 0.29) is 0 Å². The van der Waals surface area contributed by atoms with Crippen molar-refractivity contribution in [2.75, 3.05) is 9.80 Å². The fourth-order valence-corrected chi connectivity index (χ4v) is 9.49. The topological polar surface area (TPSA) is 6.48 Å². The Morgan fingerprint density at radius 3 is 1.12 bits per heavy atom. The predicted octanol–water partition coefficient (Wildman–Crippen LogP) is 16.7. The molecule has 0 aliphatic carbocycles. The van der Waals surface area contributed by atoms with Crippen molar-refractivity contribution in [3.63, 3.8) is 0 Å². The molecular weight excluding hydrogens is 701 g/mol. The van der Waals surface area contributed by atoms with E-state index in [2.05, 4.69) is 221 Å². The molecule has 0 radical (unpaired) electrons. The predicted molar refractivity (Wildman–Crippen MR) is 252 cm³/mol. The second-order valence-electron chi connectivity index (χ2n) is 16.7. The van der Waals surface area contributed by atoms with Gasteiger partial charge in [0.15, 0.2) is 0 Å². The first kappa shape index (κ1) is 35.8. The molecule has 2 nitrogen and oxygen atoms in total. The number of anilines is 6. The Morgan fingerprint density at radius 2 is 0.707 bits per heavy atom. The van der Waals surface area contributed by atoms with Gasteiger partial charge in [-0.15, -0.1) is 0 Å². The lowest BCUT2D eigenvalue weighted by atomic mass is 9.84. The molecule has 0 heterocycles. The van der Waals surface area contributed by atoms with E-state index in [0.29, 0.717) is 11.8 Å². The molecule has 0 aromatic heterocycles. The minimum Gasteiger partial charge on any atom is -0.309 e. The Labute approximate surface area is 341 Å². The van der Waals surface area contributed by atoms with E-state index in [1.54, 1.807) is 0 Å². The van der Waals surface area contributed by atoms with E-state index in [0.717, 1.165) is 11.4 Å². The molecule has 0 aliphatic rings. The molecule has 10 rings (SSSR count). The average Bonchev–Trinajstić information content (AvgIpc) is 3.23. The van der Waals surface area contributed by atoms with E-state index in [1.807, 2.05) is 0 Å².